The molecule has 0 radical (unpaired) electrons. The predicted molar refractivity (Wildman–Crippen MR) is 152 cm³/mol. The lowest BCUT2D eigenvalue weighted by Crippen LogP contribution is -2.55. The molecule has 10 heteroatoms. The summed E-state index contributed by atoms with van der Waals surface area (Å²) in [6.07, 6.45) is 5.60. The molecule has 1 aromatic heterocycles. The van der Waals surface area contributed by atoms with Crippen LogP contribution in [0.15, 0.2) is 30.9 Å². The van der Waals surface area contributed by atoms with Crippen LogP contribution >= 0.6 is 0 Å². The zero-order chi connectivity index (χ0) is 27.6. The zero-order valence-corrected chi connectivity index (χ0v) is 23.2. The number of likely N-dealkylation sites (N-methyl/N-ethyl adjacent to an activating group) is 1. The molecular formula is C30H37N7O3. The highest BCUT2D eigenvalue weighted by atomic mass is 16.5. The van der Waals surface area contributed by atoms with Crippen molar-refractivity contribution in [2.45, 2.75) is 50.7 Å². The first-order valence-corrected chi connectivity index (χ1v) is 14.3. The van der Waals surface area contributed by atoms with Crippen molar-refractivity contribution in [3.8, 4) is 17.8 Å². The number of fused-ring (bicyclic) bond motifs is 2. The van der Waals surface area contributed by atoms with Crippen molar-refractivity contribution in [2.24, 2.45) is 0 Å². The Bertz CT molecular complexity index is 1330. The number of anilines is 2. The van der Waals surface area contributed by atoms with Crippen molar-refractivity contribution in [2.75, 3.05) is 62.8 Å². The zero-order valence-electron chi connectivity index (χ0n) is 23.2. The Morgan fingerprint density at radius 1 is 1.18 bits per heavy atom. The van der Waals surface area contributed by atoms with Crippen LogP contribution in [0.3, 0.4) is 0 Å². The summed E-state index contributed by atoms with van der Waals surface area (Å²) in [6.45, 7) is 9.20. The molecule has 2 aromatic rings. The number of nitrogens with zero attached hydrogens (tertiary/aromatic N) is 7. The molecule has 0 spiro atoms. The van der Waals surface area contributed by atoms with Crippen LogP contribution in [0.4, 0.5) is 11.5 Å². The summed E-state index contributed by atoms with van der Waals surface area (Å²) in [4.78, 5) is 31.1. The molecule has 1 amide bonds. The van der Waals surface area contributed by atoms with E-state index in [1.807, 2.05) is 6.07 Å². The van der Waals surface area contributed by atoms with Crippen molar-refractivity contribution in [1.29, 1.82) is 5.26 Å². The first-order valence-electron chi connectivity index (χ1n) is 14.3. The van der Waals surface area contributed by atoms with E-state index in [4.69, 9.17) is 19.4 Å². The Labute approximate surface area is 235 Å². The molecule has 0 saturated carbocycles. The molecule has 210 valence electrons. The molecule has 0 bridgehead atoms. The first-order chi connectivity index (χ1) is 19.6. The largest absolute Gasteiger partial charge is 0.493 e. The molecule has 5 heterocycles. The summed E-state index contributed by atoms with van der Waals surface area (Å²) in [5, 5.41) is 9.49. The Kier molecular flexibility index (Phi) is 7.48. The maximum atomic E-state index is 12.5. The lowest BCUT2D eigenvalue weighted by atomic mass is 10.0. The smallest absolute Gasteiger partial charge is 0.318 e. The molecule has 4 aliphatic heterocycles. The van der Waals surface area contributed by atoms with Crippen molar-refractivity contribution in [3.63, 3.8) is 0 Å². The molecule has 2 fully saturated rings. The van der Waals surface area contributed by atoms with E-state index in [1.54, 1.807) is 4.90 Å². The highest BCUT2D eigenvalue weighted by Crippen LogP contribution is 2.37. The average Bonchev–Trinajstić information content (AvgIpc) is 3.63. The van der Waals surface area contributed by atoms with Gasteiger partial charge in [-0.25, -0.2) is 0 Å². The van der Waals surface area contributed by atoms with Gasteiger partial charge in [-0.3, -0.25) is 4.79 Å². The second-order valence-electron chi connectivity index (χ2n) is 11.1. The molecule has 2 saturated heterocycles. The summed E-state index contributed by atoms with van der Waals surface area (Å²) in [7, 11) is 2.14. The van der Waals surface area contributed by atoms with Gasteiger partial charge in [-0.2, -0.15) is 15.2 Å². The molecule has 4 aliphatic rings. The van der Waals surface area contributed by atoms with Gasteiger partial charge in [0.25, 0.3) is 0 Å². The molecule has 10 nitrogen and oxygen atoms in total. The van der Waals surface area contributed by atoms with E-state index < -0.39 is 0 Å². The number of carbonyl (C=O) groups is 1. The highest BCUT2D eigenvalue weighted by molar-refractivity contribution is 5.87. The molecule has 0 N–H and O–H groups in total. The van der Waals surface area contributed by atoms with Gasteiger partial charge in [0.1, 0.15) is 18.2 Å². The van der Waals surface area contributed by atoms with Gasteiger partial charge < -0.3 is 29.1 Å². The number of rotatable bonds is 7. The van der Waals surface area contributed by atoms with Crippen LogP contribution in [0.1, 0.15) is 36.1 Å². The lowest BCUT2D eigenvalue weighted by Gasteiger charge is -2.42. The quantitative estimate of drug-likeness (QED) is 0.488. The fourth-order valence-corrected chi connectivity index (χ4v) is 6.52. The third kappa shape index (κ3) is 5.06. The van der Waals surface area contributed by atoms with E-state index in [2.05, 4.69) is 46.5 Å². The van der Waals surface area contributed by atoms with E-state index in [9.17, 15) is 10.1 Å². The highest BCUT2D eigenvalue weighted by Gasteiger charge is 2.34. The van der Waals surface area contributed by atoms with Gasteiger partial charge >= 0.3 is 6.01 Å². The minimum Gasteiger partial charge on any atom is -0.493 e. The third-order valence-corrected chi connectivity index (χ3v) is 8.72. The maximum Gasteiger partial charge on any atom is 0.318 e. The fourth-order valence-electron chi connectivity index (χ4n) is 6.52. The topological polar surface area (TPSA) is 98.1 Å². The Morgan fingerprint density at radius 2 is 2.08 bits per heavy atom. The van der Waals surface area contributed by atoms with Crippen LogP contribution in [0.25, 0.3) is 0 Å². The number of hydrogen-bond acceptors (Lipinski definition) is 9. The van der Waals surface area contributed by atoms with E-state index in [0.717, 1.165) is 61.8 Å². The maximum absolute atomic E-state index is 12.5. The van der Waals surface area contributed by atoms with E-state index in [-0.39, 0.29) is 18.4 Å². The monoisotopic (exact) mass is 543 g/mol. The standard InChI is InChI=1S/C30H37N7O3/c1-3-28(38)37-16-15-36(18-21(37)9-12-31)29-23-10-14-35(26-7-4-8-27-24(26)11-17-39-27)19-25(23)32-30(33-29)40-20-22-6-5-13-34(22)2/h3-4,7-8,21-22H,1,5-6,9-11,13-20H2,2H3/t21-,22-/m0/s1. The minimum atomic E-state index is -0.224. The van der Waals surface area contributed by atoms with Crippen molar-refractivity contribution in [3.05, 3.63) is 47.7 Å². The number of piperazine rings is 1. The number of carbonyl (C=O) groups excluding carboxylic acids is 1. The molecule has 0 aliphatic carbocycles. The van der Waals surface area contributed by atoms with E-state index in [1.165, 1.54) is 23.7 Å². The van der Waals surface area contributed by atoms with Gasteiger partial charge in [0, 0.05) is 55.5 Å². The van der Waals surface area contributed by atoms with E-state index >= 15 is 0 Å². The van der Waals surface area contributed by atoms with Gasteiger partial charge in [0.15, 0.2) is 0 Å². The molecule has 0 unspecified atom stereocenters. The molecule has 40 heavy (non-hydrogen) atoms. The van der Waals surface area contributed by atoms with Crippen molar-refractivity contribution < 1.29 is 14.3 Å². The molecular weight excluding hydrogens is 506 g/mol. The number of nitriles is 1. The minimum absolute atomic E-state index is 0.135. The number of ether oxygens (including phenoxy) is 2. The van der Waals surface area contributed by atoms with Gasteiger partial charge in [-0.15, -0.1) is 0 Å². The lowest BCUT2D eigenvalue weighted by molar-refractivity contribution is -0.128. The summed E-state index contributed by atoms with van der Waals surface area (Å²) in [5.41, 5.74) is 4.58. The summed E-state index contributed by atoms with van der Waals surface area (Å²) < 4.78 is 12.1. The van der Waals surface area contributed by atoms with Crippen LogP contribution < -0.4 is 19.3 Å². The number of likely N-dealkylation sites (tertiary alicyclic amines) is 1. The van der Waals surface area contributed by atoms with Crippen LogP contribution in [0, 0.1) is 11.3 Å². The number of amides is 1. The molecule has 6 rings (SSSR count). The van der Waals surface area contributed by atoms with Crippen molar-refractivity contribution in [1.82, 2.24) is 19.8 Å². The van der Waals surface area contributed by atoms with Crippen LogP contribution in [-0.2, 0) is 24.2 Å². The Balaban J connectivity index is 1.31. The van der Waals surface area contributed by atoms with Crippen LogP contribution in [0.5, 0.6) is 11.8 Å². The van der Waals surface area contributed by atoms with Gasteiger partial charge in [-0.1, -0.05) is 12.6 Å². The second-order valence-corrected chi connectivity index (χ2v) is 11.1. The van der Waals surface area contributed by atoms with Gasteiger partial charge in [-0.05, 0) is 51.1 Å². The van der Waals surface area contributed by atoms with Crippen molar-refractivity contribution >= 4 is 17.4 Å². The van der Waals surface area contributed by atoms with Gasteiger partial charge in [0.05, 0.1) is 37.4 Å². The number of aromatic nitrogens is 2. The van der Waals surface area contributed by atoms with E-state index in [0.29, 0.717) is 44.8 Å². The predicted octanol–water partition coefficient (Wildman–Crippen LogP) is 2.56. The number of benzene rings is 1. The average molecular weight is 544 g/mol. The first kappa shape index (κ1) is 26.4. The fraction of sp³-hybridized carbons (Fsp3) is 0.533. The second kappa shape index (κ2) is 11.3. The summed E-state index contributed by atoms with van der Waals surface area (Å²) >= 11 is 0. The van der Waals surface area contributed by atoms with Gasteiger partial charge in [0.2, 0.25) is 5.91 Å². The Hall–Kier alpha value is -3.84. The molecule has 1 aromatic carbocycles. The SMILES string of the molecule is C=CC(=O)N1CCN(c2nc(OC[C@@H]3CCCN3C)nc3c2CCN(c2cccc4c2CCO4)C3)C[C@@H]1CC#N. The third-order valence-electron chi connectivity index (χ3n) is 8.72. The summed E-state index contributed by atoms with van der Waals surface area (Å²) in [6, 6.07) is 9.08. The normalized spacial score (nSPS) is 22.4. The number of hydrogen-bond donors (Lipinski definition) is 0. The Morgan fingerprint density at radius 3 is 2.88 bits per heavy atom. The van der Waals surface area contributed by atoms with Crippen LogP contribution in [0.2, 0.25) is 0 Å². The summed E-state index contributed by atoms with van der Waals surface area (Å²) in [5.74, 6) is 1.71. The van der Waals surface area contributed by atoms with Crippen LogP contribution in [-0.4, -0.2) is 90.7 Å². The molecule has 2 atom stereocenters.